The van der Waals surface area contributed by atoms with Gasteiger partial charge >= 0.3 is 0 Å². The van der Waals surface area contributed by atoms with Crippen LogP contribution in [0.5, 0.6) is 5.75 Å². The highest BCUT2D eigenvalue weighted by Crippen LogP contribution is 2.23. The number of likely N-dealkylation sites (N-methyl/N-ethyl adjacent to an activating group) is 1. The zero-order valence-corrected chi connectivity index (χ0v) is 16.6. The molecular weight excluding hydrogens is 353 g/mol. The molecule has 0 bridgehead atoms. The van der Waals surface area contributed by atoms with E-state index in [1.54, 1.807) is 6.07 Å². The van der Waals surface area contributed by atoms with E-state index in [2.05, 4.69) is 43.9 Å². The third kappa shape index (κ3) is 6.39. The SMILES string of the molecule is CCN(CC)C/C(C)=C\c1ccc(OCc2ccc(Cl)cc2Cl)cc1. The molecule has 0 aliphatic carbocycles. The molecule has 2 aromatic carbocycles. The van der Waals surface area contributed by atoms with Gasteiger partial charge < -0.3 is 4.74 Å². The summed E-state index contributed by atoms with van der Waals surface area (Å²) in [6, 6.07) is 13.6. The van der Waals surface area contributed by atoms with E-state index in [4.69, 9.17) is 27.9 Å². The number of hydrogen-bond donors (Lipinski definition) is 0. The molecule has 0 spiro atoms. The molecule has 2 aromatic rings. The van der Waals surface area contributed by atoms with Gasteiger partial charge in [0.15, 0.2) is 0 Å². The summed E-state index contributed by atoms with van der Waals surface area (Å²) in [6.07, 6.45) is 2.22. The van der Waals surface area contributed by atoms with E-state index < -0.39 is 0 Å². The van der Waals surface area contributed by atoms with E-state index in [0.717, 1.165) is 30.9 Å². The minimum atomic E-state index is 0.423. The van der Waals surface area contributed by atoms with Crippen LogP contribution in [0, 0.1) is 0 Å². The smallest absolute Gasteiger partial charge is 0.119 e. The summed E-state index contributed by atoms with van der Waals surface area (Å²) >= 11 is 12.1. The Hall–Kier alpha value is -1.48. The first-order chi connectivity index (χ1) is 12.0. The van der Waals surface area contributed by atoms with E-state index in [0.29, 0.717) is 16.7 Å². The Morgan fingerprint density at radius 3 is 2.32 bits per heavy atom. The lowest BCUT2D eigenvalue weighted by atomic mass is 10.1. The maximum absolute atomic E-state index is 6.17. The molecule has 2 rings (SSSR count). The molecule has 0 radical (unpaired) electrons. The zero-order chi connectivity index (χ0) is 18.2. The quantitative estimate of drug-likeness (QED) is 0.533. The highest BCUT2D eigenvalue weighted by Gasteiger charge is 2.03. The first-order valence-corrected chi connectivity index (χ1v) is 9.33. The molecule has 0 unspecified atom stereocenters. The molecule has 0 atom stereocenters. The molecule has 0 aromatic heterocycles. The van der Waals surface area contributed by atoms with E-state index in [1.165, 1.54) is 11.1 Å². The summed E-state index contributed by atoms with van der Waals surface area (Å²) in [4.78, 5) is 2.40. The predicted octanol–water partition coefficient (Wildman–Crippen LogP) is 6.32. The van der Waals surface area contributed by atoms with Gasteiger partial charge in [0.25, 0.3) is 0 Å². The molecule has 0 saturated carbocycles. The fourth-order valence-electron chi connectivity index (χ4n) is 2.59. The van der Waals surface area contributed by atoms with Gasteiger partial charge in [0.1, 0.15) is 12.4 Å². The summed E-state index contributed by atoms with van der Waals surface area (Å²) < 4.78 is 5.82. The topological polar surface area (TPSA) is 12.5 Å². The van der Waals surface area contributed by atoms with Crippen molar-refractivity contribution in [3.05, 3.63) is 69.2 Å². The van der Waals surface area contributed by atoms with Crippen molar-refractivity contribution in [3.63, 3.8) is 0 Å². The third-order valence-electron chi connectivity index (χ3n) is 4.07. The van der Waals surface area contributed by atoms with E-state index in [-0.39, 0.29) is 0 Å². The minimum absolute atomic E-state index is 0.423. The maximum Gasteiger partial charge on any atom is 0.119 e. The molecule has 4 heteroatoms. The Bertz CT molecular complexity index is 706. The van der Waals surface area contributed by atoms with Crippen molar-refractivity contribution in [2.75, 3.05) is 19.6 Å². The van der Waals surface area contributed by atoms with Crippen LogP contribution in [0.1, 0.15) is 31.9 Å². The van der Waals surface area contributed by atoms with Crippen LogP contribution in [0.25, 0.3) is 6.08 Å². The van der Waals surface area contributed by atoms with Crippen molar-refractivity contribution < 1.29 is 4.74 Å². The van der Waals surface area contributed by atoms with Crippen LogP contribution in [0.3, 0.4) is 0 Å². The molecule has 0 fully saturated rings. The Morgan fingerprint density at radius 1 is 1.04 bits per heavy atom. The summed E-state index contributed by atoms with van der Waals surface area (Å²) in [6.45, 7) is 10.1. The van der Waals surface area contributed by atoms with Gasteiger partial charge in [-0.3, -0.25) is 4.90 Å². The number of hydrogen-bond acceptors (Lipinski definition) is 2. The van der Waals surface area contributed by atoms with E-state index in [1.807, 2.05) is 24.3 Å². The van der Waals surface area contributed by atoms with Crippen LogP contribution in [0.2, 0.25) is 10.0 Å². The fourth-order valence-corrected chi connectivity index (χ4v) is 3.05. The van der Waals surface area contributed by atoms with Gasteiger partial charge in [-0.2, -0.15) is 0 Å². The maximum atomic E-state index is 6.17. The Morgan fingerprint density at radius 2 is 1.72 bits per heavy atom. The average Bonchev–Trinajstić information content (AvgIpc) is 2.60. The lowest BCUT2D eigenvalue weighted by Gasteiger charge is -2.18. The van der Waals surface area contributed by atoms with Crippen LogP contribution >= 0.6 is 23.2 Å². The molecule has 2 nitrogen and oxygen atoms in total. The molecule has 0 N–H and O–H groups in total. The van der Waals surface area contributed by atoms with Crippen molar-refractivity contribution in [1.82, 2.24) is 4.90 Å². The molecule has 0 aliphatic heterocycles. The van der Waals surface area contributed by atoms with Crippen molar-refractivity contribution in [3.8, 4) is 5.75 Å². The predicted molar refractivity (Wildman–Crippen MR) is 109 cm³/mol. The van der Waals surface area contributed by atoms with Crippen LogP contribution in [0.4, 0.5) is 0 Å². The highest BCUT2D eigenvalue weighted by atomic mass is 35.5. The van der Waals surface area contributed by atoms with Gasteiger partial charge in [0, 0.05) is 22.2 Å². The van der Waals surface area contributed by atoms with Gasteiger partial charge in [-0.15, -0.1) is 0 Å². The van der Waals surface area contributed by atoms with Gasteiger partial charge in [0.2, 0.25) is 0 Å². The number of benzene rings is 2. The number of ether oxygens (including phenoxy) is 1. The Labute approximate surface area is 161 Å². The lowest BCUT2D eigenvalue weighted by molar-refractivity contribution is 0.306. The second-order valence-corrected chi connectivity index (χ2v) is 6.89. The number of rotatable bonds is 8. The normalized spacial score (nSPS) is 11.8. The third-order valence-corrected chi connectivity index (χ3v) is 4.66. The second-order valence-electron chi connectivity index (χ2n) is 6.05. The number of nitrogens with zero attached hydrogens (tertiary/aromatic N) is 1. The fraction of sp³-hybridized carbons (Fsp3) is 0.333. The Balaban J connectivity index is 1.95. The van der Waals surface area contributed by atoms with Crippen molar-refractivity contribution in [2.24, 2.45) is 0 Å². The molecule has 134 valence electrons. The highest BCUT2D eigenvalue weighted by molar-refractivity contribution is 6.35. The summed E-state index contributed by atoms with van der Waals surface area (Å²) in [7, 11) is 0. The zero-order valence-electron chi connectivity index (χ0n) is 15.1. The van der Waals surface area contributed by atoms with Crippen LogP contribution in [0.15, 0.2) is 48.0 Å². The molecule has 25 heavy (non-hydrogen) atoms. The molecule has 0 saturated heterocycles. The van der Waals surface area contributed by atoms with Crippen molar-refractivity contribution in [1.29, 1.82) is 0 Å². The van der Waals surface area contributed by atoms with Crippen LogP contribution in [-0.2, 0) is 6.61 Å². The standard InChI is InChI=1S/C21H25Cl2NO/c1-4-24(5-2)14-16(3)12-17-6-10-20(11-7-17)25-15-18-8-9-19(22)13-21(18)23/h6-13H,4-5,14-15H2,1-3H3/b16-12-. The first kappa shape index (κ1) is 19.8. The molecule has 0 aliphatic rings. The van der Waals surface area contributed by atoms with Gasteiger partial charge in [0.05, 0.1) is 0 Å². The average molecular weight is 378 g/mol. The first-order valence-electron chi connectivity index (χ1n) is 8.58. The van der Waals surface area contributed by atoms with Crippen molar-refractivity contribution in [2.45, 2.75) is 27.4 Å². The van der Waals surface area contributed by atoms with Gasteiger partial charge in [-0.05, 0) is 49.8 Å². The summed E-state index contributed by atoms with van der Waals surface area (Å²) in [5.74, 6) is 0.824. The number of halogens is 2. The summed E-state index contributed by atoms with van der Waals surface area (Å²) in [5.41, 5.74) is 3.46. The van der Waals surface area contributed by atoms with Crippen molar-refractivity contribution >= 4 is 29.3 Å². The monoisotopic (exact) mass is 377 g/mol. The van der Waals surface area contributed by atoms with E-state index >= 15 is 0 Å². The van der Waals surface area contributed by atoms with Crippen LogP contribution < -0.4 is 4.74 Å². The largest absolute Gasteiger partial charge is 0.489 e. The van der Waals surface area contributed by atoms with Crippen LogP contribution in [-0.4, -0.2) is 24.5 Å². The molecule has 0 heterocycles. The molecular formula is C21H25Cl2NO. The molecule has 0 amide bonds. The second kappa shape index (κ2) is 9.86. The summed E-state index contributed by atoms with van der Waals surface area (Å²) in [5, 5.41) is 1.25. The van der Waals surface area contributed by atoms with Gasteiger partial charge in [-0.25, -0.2) is 0 Å². The lowest BCUT2D eigenvalue weighted by Crippen LogP contribution is -2.24. The van der Waals surface area contributed by atoms with Gasteiger partial charge in [-0.1, -0.05) is 66.9 Å². The van der Waals surface area contributed by atoms with E-state index in [9.17, 15) is 0 Å². The Kier molecular flexibility index (Phi) is 7.83. The minimum Gasteiger partial charge on any atom is -0.489 e.